The van der Waals surface area contributed by atoms with E-state index in [4.69, 9.17) is 15.2 Å². The number of carbonyl (C=O) groups is 2. The summed E-state index contributed by atoms with van der Waals surface area (Å²) in [5.41, 5.74) is 6.85. The smallest absolute Gasteiger partial charge is 0.253 e. The van der Waals surface area contributed by atoms with Crippen LogP contribution in [0.3, 0.4) is 0 Å². The molecule has 28 heavy (non-hydrogen) atoms. The Hall–Kier alpha value is -3.09. The predicted octanol–water partition coefficient (Wildman–Crippen LogP) is 2.40. The highest BCUT2D eigenvalue weighted by Crippen LogP contribution is 2.30. The molecule has 0 radical (unpaired) electrons. The molecule has 0 spiro atoms. The minimum atomic E-state index is -0.291. The standard InChI is InChI=1S/C21H25N3O4/c1-2-27-19-12-17(21(26)24-10-7-16(8-11-24)20(22)25)5-6-18(19)28-14-15-4-3-9-23-13-15/h3-6,9,12-13,16H,2,7-8,10-11,14H2,1H3,(H2,22,25). The molecule has 1 fully saturated rings. The first-order chi connectivity index (χ1) is 13.6. The van der Waals surface area contributed by atoms with Gasteiger partial charge in [0, 0.05) is 42.5 Å². The van der Waals surface area contributed by atoms with Crippen LogP contribution in [0.1, 0.15) is 35.7 Å². The van der Waals surface area contributed by atoms with Gasteiger partial charge in [-0.1, -0.05) is 6.07 Å². The quantitative estimate of drug-likeness (QED) is 0.792. The molecule has 3 rings (SSSR count). The lowest BCUT2D eigenvalue weighted by atomic mass is 9.96. The van der Waals surface area contributed by atoms with Crippen molar-refractivity contribution in [3.05, 3.63) is 53.9 Å². The average Bonchev–Trinajstić information content (AvgIpc) is 2.73. The summed E-state index contributed by atoms with van der Waals surface area (Å²) in [5.74, 6) is 0.591. The van der Waals surface area contributed by atoms with Crippen LogP contribution in [0.15, 0.2) is 42.7 Å². The number of hydrogen-bond acceptors (Lipinski definition) is 5. The third kappa shape index (κ3) is 4.79. The summed E-state index contributed by atoms with van der Waals surface area (Å²) in [6, 6.07) is 8.99. The van der Waals surface area contributed by atoms with Crippen molar-refractivity contribution in [2.45, 2.75) is 26.4 Å². The van der Waals surface area contributed by atoms with Crippen LogP contribution in [0.4, 0.5) is 0 Å². The third-order valence-corrected chi connectivity index (χ3v) is 4.79. The van der Waals surface area contributed by atoms with Crippen LogP contribution in [0.5, 0.6) is 11.5 Å². The summed E-state index contributed by atoms with van der Waals surface area (Å²) in [4.78, 5) is 30.0. The van der Waals surface area contributed by atoms with Crippen LogP contribution in [0, 0.1) is 5.92 Å². The maximum Gasteiger partial charge on any atom is 0.253 e. The number of amides is 2. The number of nitrogens with zero attached hydrogens (tertiary/aromatic N) is 2. The van der Waals surface area contributed by atoms with Gasteiger partial charge >= 0.3 is 0 Å². The molecule has 7 heteroatoms. The van der Waals surface area contributed by atoms with Gasteiger partial charge in [0.1, 0.15) is 6.61 Å². The van der Waals surface area contributed by atoms with E-state index in [1.807, 2.05) is 19.1 Å². The monoisotopic (exact) mass is 383 g/mol. The zero-order valence-electron chi connectivity index (χ0n) is 16.0. The molecule has 2 amide bonds. The molecule has 0 atom stereocenters. The minimum absolute atomic E-state index is 0.0808. The molecule has 0 unspecified atom stereocenters. The lowest BCUT2D eigenvalue weighted by Gasteiger charge is -2.30. The molecule has 7 nitrogen and oxygen atoms in total. The molecule has 2 heterocycles. The van der Waals surface area contributed by atoms with Gasteiger partial charge in [-0.2, -0.15) is 0 Å². The molecule has 0 bridgehead atoms. The highest BCUT2D eigenvalue weighted by atomic mass is 16.5. The fourth-order valence-electron chi connectivity index (χ4n) is 3.22. The maximum atomic E-state index is 12.8. The van der Waals surface area contributed by atoms with Gasteiger partial charge in [-0.3, -0.25) is 14.6 Å². The lowest BCUT2D eigenvalue weighted by Crippen LogP contribution is -2.41. The Morgan fingerprint density at radius 2 is 1.96 bits per heavy atom. The first-order valence-electron chi connectivity index (χ1n) is 9.45. The number of piperidine rings is 1. The van der Waals surface area contributed by atoms with E-state index in [0.717, 1.165) is 5.56 Å². The lowest BCUT2D eigenvalue weighted by molar-refractivity contribution is -0.123. The Labute approximate surface area is 164 Å². The van der Waals surface area contributed by atoms with E-state index in [1.54, 1.807) is 35.5 Å². The SMILES string of the molecule is CCOc1cc(C(=O)N2CCC(C(N)=O)CC2)ccc1OCc1cccnc1. The van der Waals surface area contributed by atoms with Crippen molar-refractivity contribution >= 4 is 11.8 Å². The number of rotatable bonds is 7. The molecular weight excluding hydrogens is 358 g/mol. The molecule has 0 saturated carbocycles. The number of likely N-dealkylation sites (tertiary alicyclic amines) is 1. The van der Waals surface area contributed by atoms with Gasteiger partial charge in [0.25, 0.3) is 5.91 Å². The van der Waals surface area contributed by atoms with Crippen LogP contribution in [-0.4, -0.2) is 41.4 Å². The number of benzene rings is 1. The topological polar surface area (TPSA) is 94.8 Å². The van der Waals surface area contributed by atoms with Gasteiger partial charge in [0.15, 0.2) is 11.5 Å². The highest BCUT2D eigenvalue weighted by molar-refractivity contribution is 5.95. The maximum absolute atomic E-state index is 12.8. The second kappa shape index (κ2) is 9.21. The summed E-state index contributed by atoms with van der Waals surface area (Å²) in [6.07, 6.45) is 4.66. The van der Waals surface area contributed by atoms with Gasteiger partial charge in [-0.15, -0.1) is 0 Å². The zero-order chi connectivity index (χ0) is 19.9. The summed E-state index contributed by atoms with van der Waals surface area (Å²) in [7, 11) is 0. The third-order valence-electron chi connectivity index (χ3n) is 4.79. The molecule has 148 valence electrons. The number of carbonyl (C=O) groups excluding carboxylic acids is 2. The summed E-state index contributed by atoms with van der Waals surface area (Å²) in [6.45, 7) is 3.76. The minimum Gasteiger partial charge on any atom is -0.490 e. The Bertz CT molecular complexity index is 818. The molecule has 1 aromatic carbocycles. The summed E-state index contributed by atoms with van der Waals surface area (Å²) in [5, 5.41) is 0. The Morgan fingerprint density at radius 3 is 2.61 bits per heavy atom. The Kier molecular flexibility index (Phi) is 6.47. The largest absolute Gasteiger partial charge is 0.490 e. The van der Waals surface area contributed by atoms with E-state index in [9.17, 15) is 9.59 Å². The number of hydrogen-bond donors (Lipinski definition) is 1. The summed E-state index contributed by atoms with van der Waals surface area (Å²) >= 11 is 0. The predicted molar refractivity (Wildman–Crippen MR) is 104 cm³/mol. The summed E-state index contributed by atoms with van der Waals surface area (Å²) < 4.78 is 11.5. The molecule has 0 aliphatic carbocycles. The molecule has 1 saturated heterocycles. The number of primary amides is 1. The Balaban J connectivity index is 1.69. The van der Waals surface area contributed by atoms with Crippen LogP contribution in [-0.2, 0) is 11.4 Å². The van der Waals surface area contributed by atoms with Crippen molar-refractivity contribution < 1.29 is 19.1 Å². The highest BCUT2D eigenvalue weighted by Gasteiger charge is 2.27. The van der Waals surface area contributed by atoms with Gasteiger partial charge in [-0.25, -0.2) is 0 Å². The van der Waals surface area contributed by atoms with Crippen molar-refractivity contribution in [1.29, 1.82) is 0 Å². The van der Waals surface area contributed by atoms with E-state index in [2.05, 4.69) is 4.98 Å². The molecule has 1 aliphatic rings. The van der Waals surface area contributed by atoms with Crippen LogP contribution < -0.4 is 15.2 Å². The molecular formula is C21H25N3O4. The van der Waals surface area contributed by atoms with Crippen molar-refractivity contribution in [2.24, 2.45) is 11.7 Å². The average molecular weight is 383 g/mol. The van der Waals surface area contributed by atoms with E-state index >= 15 is 0 Å². The van der Waals surface area contributed by atoms with E-state index < -0.39 is 0 Å². The van der Waals surface area contributed by atoms with Gasteiger partial charge < -0.3 is 20.1 Å². The van der Waals surface area contributed by atoms with E-state index in [1.165, 1.54) is 0 Å². The Morgan fingerprint density at radius 1 is 1.18 bits per heavy atom. The molecule has 1 aliphatic heterocycles. The first-order valence-corrected chi connectivity index (χ1v) is 9.45. The van der Waals surface area contributed by atoms with E-state index in [-0.39, 0.29) is 17.7 Å². The number of ether oxygens (including phenoxy) is 2. The fourth-order valence-corrected chi connectivity index (χ4v) is 3.22. The second-order valence-electron chi connectivity index (χ2n) is 6.71. The molecule has 2 N–H and O–H groups in total. The van der Waals surface area contributed by atoms with Gasteiger partial charge in [0.2, 0.25) is 5.91 Å². The number of nitrogens with two attached hydrogens (primary N) is 1. The van der Waals surface area contributed by atoms with Crippen molar-refractivity contribution in [3.8, 4) is 11.5 Å². The van der Waals surface area contributed by atoms with Crippen molar-refractivity contribution in [1.82, 2.24) is 9.88 Å². The van der Waals surface area contributed by atoms with Gasteiger partial charge in [0.05, 0.1) is 6.61 Å². The first kappa shape index (κ1) is 19.7. The van der Waals surface area contributed by atoms with Crippen LogP contribution >= 0.6 is 0 Å². The van der Waals surface area contributed by atoms with Crippen LogP contribution in [0.2, 0.25) is 0 Å². The fraction of sp³-hybridized carbons (Fsp3) is 0.381. The van der Waals surface area contributed by atoms with Crippen molar-refractivity contribution in [2.75, 3.05) is 19.7 Å². The number of aromatic nitrogens is 1. The van der Waals surface area contributed by atoms with Gasteiger partial charge in [-0.05, 0) is 44.0 Å². The molecule has 2 aromatic rings. The van der Waals surface area contributed by atoms with E-state index in [0.29, 0.717) is 56.2 Å². The second-order valence-corrected chi connectivity index (χ2v) is 6.71. The molecule has 1 aromatic heterocycles. The normalized spacial score (nSPS) is 14.5. The number of pyridine rings is 1. The van der Waals surface area contributed by atoms with Crippen LogP contribution in [0.25, 0.3) is 0 Å². The zero-order valence-corrected chi connectivity index (χ0v) is 16.0. The van der Waals surface area contributed by atoms with Crippen molar-refractivity contribution in [3.63, 3.8) is 0 Å².